The highest BCUT2D eigenvalue weighted by molar-refractivity contribution is 7.18. The van der Waals surface area contributed by atoms with Crippen molar-refractivity contribution in [3.63, 3.8) is 0 Å². The number of hydrogen-bond donors (Lipinski definition) is 2. The molecule has 10 heteroatoms. The summed E-state index contributed by atoms with van der Waals surface area (Å²) in [5.41, 5.74) is 1.85. The number of aromatic nitrogens is 4. The predicted octanol–water partition coefficient (Wildman–Crippen LogP) is 3.37. The van der Waals surface area contributed by atoms with Crippen LogP contribution in [0.2, 0.25) is 0 Å². The standard InChI is InChI=1S/C22H19N5O4S/c1-30-18-11-16(12-24-20(18)31-13-17(28)14-5-3-2-4-6-14)19(29)25-22-27-26-21(32-22)15-7-9-23-10-8-15/h2-12,17,28H,13H2,1H3,(H,25,27,29)/t17-/m0/s1. The largest absolute Gasteiger partial charge is 0.491 e. The molecule has 2 N–H and O–H groups in total. The molecule has 1 atom stereocenters. The minimum absolute atomic E-state index is 0.0124. The van der Waals surface area contributed by atoms with Crippen LogP contribution in [0.3, 0.4) is 0 Å². The maximum Gasteiger partial charge on any atom is 0.259 e. The van der Waals surface area contributed by atoms with Crippen LogP contribution in [0.25, 0.3) is 10.6 Å². The van der Waals surface area contributed by atoms with Crippen LogP contribution in [0.5, 0.6) is 11.6 Å². The maximum atomic E-state index is 12.6. The molecule has 1 aromatic carbocycles. The fourth-order valence-corrected chi connectivity index (χ4v) is 3.54. The van der Waals surface area contributed by atoms with Gasteiger partial charge in [-0.15, -0.1) is 10.2 Å². The molecule has 32 heavy (non-hydrogen) atoms. The minimum atomic E-state index is -0.822. The highest BCUT2D eigenvalue weighted by atomic mass is 32.1. The van der Waals surface area contributed by atoms with Gasteiger partial charge in [0.15, 0.2) is 5.75 Å². The zero-order chi connectivity index (χ0) is 22.3. The second kappa shape index (κ2) is 9.94. The van der Waals surface area contributed by atoms with Crippen LogP contribution < -0.4 is 14.8 Å². The molecule has 9 nitrogen and oxygen atoms in total. The van der Waals surface area contributed by atoms with Crippen molar-refractivity contribution < 1.29 is 19.4 Å². The first-order valence-corrected chi connectivity index (χ1v) is 10.4. The summed E-state index contributed by atoms with van der Waals surface area (Å²) < 4.78 is 10.9. The maximum absolute atomic E-state index is 12.6. The molecule has 0 unspecified atom stereocenters. The average Bonchev–Trinajstić information content (AvgIpc) is 3.32. The fraction of sp³-hybridized carbons (Fsp3) is 0.136. The summed E-state index contributed by atoms with van der Waals surface area (Å²) in [6, 6.07) is 14.3. The van der Waals surface area contributed by atoms with Gasteiger partial charge in [0, 0.05) is 30.2 Å². The second-order valence-electron chi connectivity index (χ2n) is 6.57. The molecule has 0 saturated carbocycles. The Morgan fingerprint density at radius 3 is 2.69 bits per heavy atom. The number of rotatable bonds is 8. The van der Waals surface area contributed by atoms with E-state index in [4.69, 9.17) is 9.47 Å². The molecule has 0 spiro atoms. The zero-order valence-electron chi connectivity index (χ0n) is 17.0. The van der Waals surface area contributed by atoms with E-state index in [2.05, 4.69) is 25.5 Å². The van der Waals surface area contributed by atoms with Crippen molar-refractivity contribution in [2.24, 2.45) is 0 Å². The molecular formula is C22H19N5O4S. The van der Waals surface area contributed by atoms with E-state index in [1.54, 1.807) is 24.5 Å². The Balaban J connectivity index is 1.42. The van der Waals surface area contributed by atoms with Crippen molar-refractivity contribution in [1.82, 2.24) is 20.2 Å². The van der Waals surface area contributed by atoms with Crippen LogP contribution in [0.4, 0.5) is 5.13 Å². The van der Waals surface area contributed by atoms with Gasteiger partial charge in [0.1, 0.15) is 17.7 Å². The summed E-state index contributed by atoms with van der Waals surface area (Å²) in [5, 5.41) is 22.1. The lowest BCUT2D eigenvalue weighted by molar-refractivity contribution is 0.101. The number of ether oxygens (including phenoxy) is 2. The van der Waals surface area contributed by atoms with E-state index >= 15 is 0 Å². The number of benzene rings is 1. The topological polar surface area (TPSA) is 119 Å². The van der Waals surface area contributed by atoms with Crippen molar-refractivity contribution in [2.75, 3.05) is 19.0 Å². The lowest BCUT2D eigenvalue weighted by Crippen LogP contribution is -2.14. The molecule has 0 bridgehead atoms. The van der Waals surface area contributed by atoms with E-state index in [1.807, 2.05) is 30.3 Å². The van der Waals surface area contributed by atoms with Gasteiger partial charge >= 0.3 is 0 Å². The molecule has 3 heterocycles. The number of methoxy groups -OCH3 is 1. The van der Waals surface area contributed by atoms with Crippen LogP contribution in [-0.4, -0.2) is 44.9 Å². The number of aliphatic hydroxyl groups excluding tert-OH is 1. The highest BCUT2D eigenvalue weighted by Crippen LogP contribution is 2.28. The lowest BCUT2D eigenvalue weighted by atomic mass is 10.1. The number of nitrogens with zero attached hydrogens (tertiary/aromatic N) is 4. The number of nitrogens with one attached hydrogen (secondary N) is 1. The van der Waals surface area contributed by atoms with Crippen LogP contribution >= 0.6 is 11.3 Å². The van der Waals surface area contributed by atoms with Gasteiger partial charge in [0.05, 0.1) is 12.7 Å². The first-order valence-electron chi connectivity index (χ1n) is 9.59. The Morgan fingerprint density at radius 1 is 1.16 bits per heavy atom. The van der Waals surface area contributed by atoms with E-state index in [-0.39, 0.29) is 23.8 Å². The van der Waals surface area contributed by atoms with E-state index in [9.17, 15) is 9.90 Å². The van der Waals surface area contributed by atoms with Gasteiger partial charge in [0.2, 0.25) is 5.13 Å². The van der Waals surface area contributed by atoms with Crippen molar-refractivity contribution in [3.05, 3.63) is 78.2 Å². The Hall–Kier alpha value is -3.89. The summed E-state index contributed by atoms with van der Waals surface area (Å²) in [4.78, 5) is 20.8. The number of carbonyl (C=O) groups is 1. The molecule has 1 amide bonds. The molecule has 0 aliphatic rings. The molecule has 3 aromatic heterocycles. The third-order valence-corrected chi connectivity index (χ3v) is 5.32. The Bertz CT molecular complexity index is 1190. The Labute approximate surface area is 187 Å². The van der Waals surface area contributed by atoms with Gasteiger partial charge in [-0.05, 0) is 17.7 Å². The summed E-state index contributed by atoms with van der Waals surface area (Å²) >= 11 is 1.25. The molecule has 162 valence electrons. The molecular weight excluding hydrogens is 430 g/mol. The van der Waals surface area contributed by atoms with Crippen molar-refractivity contribution >= 4 is 22.4 Å². The number of pyridine rings is 2. The normalized spacial score (nSPS) is 11.6. The molecule has 0 fully saturated rings. The summed E-state index contributed by atoms with van der Waals surface area (Å²) in [5.74, 6) is 0.0340. The van der Waals surface area contributed by atoms with Gasteiger partial charge in [-0.3, -0.25) is 15.1 Å². The Kier molecular flexibility index (Phi) is 6.63. The highest BCUT2D eigenvalue weighted by Gasteiger charge is 2.16. The average molecular weight is 449 g/mol. The van der Waals surface area contributed by atoms with Crippen LogP contribution in [0, 0.1) is 0 Å². The summed E-state index contributed by atoms with van der Waals surface area (Å²) in [6.07, 6.45) is 3.87. The minimum Gasteiger partial charge on any atom is -0.491 e. The third kappa shape index (κ3) is 5.05. The number of hydrogen-bond acceptors (Lipinski definition) is 9. The number of carbonyl (C=O) groups excluding carboxylic acids is 1. The van der Waals surface area contributed by atoms with Crippen molar-refractivity contribution in [2.45, 2.75) is 6.10 Å². The quantitative estimate of drug-likeness (QED) is 0.420. The van der Waals surface area contributed by atoms with Gasteiger partial charge in [-0.25, -0.2) is 4.98 Å². The van der Waals surface area contributed by atoms with E-state index in [0.29, 0.717) is 10.1 Å². The van der Waals surface area contributed by atoms with E-state index < -0.39 is 12.0 Å². The number of anilines is 1. The van der Waals surface area contributed by atoms with Gasteiger partial charge in [-0.1, -0.05) is 41.7 Å². The first-order chi connectivity index (χ1) is 15.6. The SMILES string of the molecule is COc1cc(C(=O)Nc2nnc(-c3ccncc3)s2)cnc1OC[C@H](O)c1ccccc1. The fourth-order valence-electron chi connectivity index (χ4n) is 2.79. The van der Waals surface area contributed by atoms with E-state index in [1.165, 1.54) is 30.7 Å². The van der Waals surface area contributed by atoms with Crippen molar-refractivity contribution in [1.29, 1.82) is 0 Å². The molecule has 0 radical (unpaired) electrons. The summed E-state index contributed by atoms with van der Waals surface area (Å²) in [7, 11) is 1.45. The zero-order valence-corrected chi connectivity index (χ0v) is 17.8. The predicted molar refractivity (Wildman–Crippen MR) is 119 cm³/mol. The van der Waals surface area contributed by atoms with Gasteiger partial charge in [0.25, 0.3) is 11.8 Å². The lowest BCUT2D eigenvalue weighted by Gasteiger charge is -2.14. The van der Waals surface area contributed by atoms with E-state index in [0.717, 1.165) is 11.1 Å². The second-order valence-corrected chi connectivity index (χ2v) is 7.55. The monoisotopic (exact) mass is 449 g/mol. The molecule has 4 rings (SSSR count). The molecule has 0 saturated heterocycles. The van der Waals surface area contributed by atoms with Crippen LogP contribution in [0.15, 0.2) is 67.1 Å². The van der Waals surface area contributed by atoms with Gasteiger partial charge < -0.3 is 14.6 Å². The number of amides is 1. The van der Waals surface area contributed by atoms with Crippen molar-refractivity contribution in [3.8, 4) is 22.2 Å². The van der Waals surface area contributed by atoms with Crippen LogP contribution in [-0.2, 0) is 0 Å². The molecule has 0 aliphatic carbocycles. The summed E-state index contributed by atoms with van der Waals surface area (Å²) in [6.45, 7) is -0.0124. The molecule has 4 aromatic rings. The number of aliphatic hydroxyl groups is 1. The first kappa shape index (κ1) is 21.3. The van der Waals surface area contributed by atoms with Crippen LogP contribution in [0.1, 0.15) is 22.0 Å². The Morgan fingerprint density at radius 2 is 1.94 bits per heavy atom. The molecule has 0 aliphatic heterocycles. The smallest absolute Gasteiger partial charge is 0.259 e. The third-order valence-electron chi connectivity index (χ3n) is 4.44. The van der Waals surface area contributed by atoms with Gasteiger partial charge in [-0.2, -0.15) is 0 Å².